The van der Waals surface area contributed by atoms with Gasteiger partial charge in [-0.25, -0.2) is 0 Å². The number of nitrogens with zero attached hydrogens (tertiary/aromatic N) is 1. The maximum absolute atomic E-state index is 12.3. The van der Waals surface area contributed by atoms with Gasteiger partial charge in [0.25, 0.3) is 5.91 Å². The van der Waals surface area contributed by atoms with Gasteiger partial charge in [-0.1, -0.05) is 6.07 Å². The van der Waals surface area contributed by atoms with Gasteiger partial charge in [0.1, 0.15) is 0 Å². The fourth-order valence-electron chi connectivity index (χ4n) is 1.94. The molecule has 18 heavy (non-hydrogen) atoms. The van der Waals surface area contributed by atoms with Crippen molar-refractivity contribution in [2.24, 2.45) is 0 Å². The second-order valence-electron chi connectivity index (χ2n) is 4.50. The molecule has 0 spiro atoms. The Morgan fingerprint density at radius 3 is 2.94 bits per heavy atom. The summed E-state index contributed by atoms with van der Waals surface area (Å²) >= 11 is 0. The number of hydrogen-bond donors (Lipinski definition) is 1. The number of aromatic nitrogens is 1. The van der Waals surface area contributed by atoms with Crippen LogP contribution in [0.3, 0.4) is 0 Å². The maximum atomic E-state index is 12.3. The summed E-state index contributed by atoms with van der Waals surface area (Å²) in [6.45, 7) is 2.50. The van der Waals surface area contributed by atoms with E-state index in [1.165, 1.54) is 0 Å². The molecular formula is C14H18N2O2. The van der Waals surface area contributed by atoms with E-state index in [1.807, 2.05) is 37.4 Å². The first-order valence-corrected chi connectivity index (χ1v) is 5.96. The van der Waals surface area contributed by atoms with E-state index in [4.69, 9.17) is 4.74 Å². The van der Waals surface area contributed by atoms with Crippen molar-refractivity contribution >= 4 is 16.8 Å². The summed E-state index contributed by atoms with van der Waals surface area (Å²) < 4.78 is 5.07. The van der Waals surface area contributed by atoms with Gasteiger partial charge in [0.2, 0.25) is 0 Å². The Kier molecular flexibility index (Phi) is 3.67. The van der Waals surface area contributed by atoms with Gasteiger partial charge in [-0.15, -0.1) is 0 Å². The number of aromatic amines is 1. The number of methoxy groups -OCH3 is 1. The smallest absolute Gasteiger partial charge is 0.253 e. The summed E-state index contributed by atoms with van der Waals surface area (Å²) in [6.07, 6.45) is 1.87. The van der Waals surface area contributed by atoms with Crippen molar-refractivity contribution in [3.63, 3.8) is 0 Å². The van der Waals surface area contributed by atoms with E-state index >= 15 is 0 Å². The lowest BCUT2D eigenvalue weighted by Gasteiger charge is -2.24. The highest BCUT2D eigenvalue weighted by atomic mass is 16.5. The normalized spacial score (nSPS) is 12.6. The van der Waals surface area contributed by atoms with Crippen molar-refractivity contribution in [2.75, 3.05) is 20.8 Å². The first kappa shape index (κ1) is 12.6. The summed E-state index contributed by atoms with van der Waals surface area (Å²) in [4.78, 5) is 17.1. The molecule has 0 saturated carbocycles. The van der Waals surface area contributed by atoms with Gasteiger partial charge < -0.3 is 14.6 Å². The van der Waals surface area contributed by atoms with Gasteiger partial charge in [0.05, 0.1) is 12.6 Å². The number of rotatable bonds is 4. The van der Waals surface area contributed by atoms with Crippen LogP contribution in [-0.2, 0) is 4.74 Å². The zero-order chi connectivity index (χ0) is 13.1. The molecule has 1 heterocycles. The molecule has 2 rings (SSSR count). The zero-order valence-corrected chi connectivity index (χ0v) is 10.9. The van der Waals surface area contributed by atoms with Crippen LogP contribution in [0.15, 0.2) is 30.5 Å². The first-order valence-electron chi connectivity index (χ1n) is 5.96. The Labute approximate surface area is 107 Å². The van der Waals surface area contributed by atoms with Crippen LogP contribution in [0.1, 0.15) is 17.3 Å². The summed E-state index contributed by atoms with van der Waals surface area (Å²) in [5, 5.41) is 1.11. The fourth-order valence-corrected chi connectivity index (χ4v) is 1.94. The van der Waals surface area contributed by atoms with Crippen molar-refractivity contribution in [1.29, 1.82) is 0 Å². The largest absolute Gasteiger partial charge is 0.383 e. The van der Waals surface area contributed by atoms with Crippen molar-refractivity contribution in [1.82, 2.24) is 9.88 Å². The van der Waals surface area contributed by atoms with Gasteiger partial charge in [-0.3, -0.25) is 4.79 Å². The Hall–Kier alpha value is -1.81. The van der Waals surface area contributed by atoms with E-state index in [1.54, 1.807) is 19.1 Å². The summed E-state index contributed by atoms with van der Waals surface area (Å²) in [5.41, 5.74) is 1.67. The highest BCUT2D eigenvalue weighted by Gasteiger charge is 2.17. The molecular weight excluding hydrogens is 228 g/mol. The predicted octanol–water partition coefficient (Wildman–Crippen LogP) is 2.27. The number of ether oxygens (including phenoxy) is 1. The third-order valence-electron chi connectivity index (χ3n) is 3.19. The van der Waals surface area contributed by atoms with Gasteiger partial charge in [-0.2, -0.15) is 0 Å². The molecule has 1 amide bonds. The topological polar surface area (TPSA) is 45.3 Å². The van der Waals surface area contributed by atoms with E-state index in [0.29, 0.717) is 12.2 Å². The third kappa shape index (κ3) is 2.38. The minimum atomic E-state index is 0.0102. The number of amides is 1. The Bertz CT molecular complexity index is 547. The van der Waals surface area contributed by atoms with Gasteiger partial charge in [0, 0.05) is 31.4 Å². The molecule has 0 aliphatic heterocycles. The minimum absolute atomic E-state index is 0.0102. The summed E-state index contributed by atoms with van der Waals surface area (Å²) in [6, 6.07) is 7.73. The van der Waals surface area contributed by atoms with E-state index in [-0.39, 0.29) is 11.9 Å². The average molecular weight is 246 g/mol. The number of nitrogens with one attached hydrogen (secondary N) is 1. The molecule has 1 N–H and O–H groups in total. The lowest BCUT2D eigenvalue weighted by atomic mass is 10.1. The van der Waals surface area contributed by atoms with E-state index in [0.717, 1.165) is 10.9 Å². The number of carbonyl (C=O) groups excluding carboxylic acids is 1. The number of benzene rings is 1. The van der Waals surface area contributed by atoms with Crippen LogP contribution in [0.25, 0.3) is 10.9 Å². The van der Waals surface area contributed by atoms with Gasteiger partial charge >= 0.3 is 0 Å². The average Bonchev–Trinajstić information content (AvgIpc) is 2.84. The summed E-state index contributed by atoms with van der Waals surface area (Å²) in [5.74, 6) is 0.0102. The molecule has 0 fully saturated rings. The van der Waals surface area contributed by atoms with E-state index < -0.39 is 0 Å². The lowest BCUT2D eigenvalue weighted by molar-refractivity contribution is 0.0633. The van der Waals surface area contributed by atoms with Crippen molar-refractivity contribution in [3.8, 4) is 0 Å². The molecule has 0 aliphatic rings. The molecule has 0 aliphatic carbocycles. The molecule has 0 bridgehead atoms. The second kappa shape index (κ2) is 5.23. The number of H-pyrrole nitrogens is 1. The van der Waals surface area contributed by atoms with Gasteiger partial charge in [0.15, 0.2) is 0 Å². The minimum Gasteiger partial charge on any atom is -0.383 e. The highest BCUT2D eigenvalue weighted by molar-refractivity contribution is 5.97. The third-order valence-corrected chi connectivity index (χ3v) is 3.19. The van der Waals surface area contributed by atoms with Crippen molar-refractivity contribution < 1.29 is 9.53 Å². The molecule has 1 atom stereocenters. The predicted molar refractivity (Wildman–Crippen MR) is 71.7 cm³/mol. The number of likely N-dealkylation sites (N-methyl/N-ethyl adjacent to an activating group) is 1. The van der Waals surface area contributed by atoms with E-state index in [9.17, 15) is 4.79 Å². The molecule has 1 unspecified atom stereocenters. The Morgan fingerprint density at radius 1 is 1.44 bits per heavy atom. The molecule has 4 heteroatoms. The number of hydrogen-bond acceptors (Lipinski definition) is 2. The lowest BCUT2D eigenvalue weighted by Crippen LogP contribution is -2.37. The quantitative estimate of drug-likeness (QED) is 0.899. The standard InChI is InChI=1S/C14H18N2O2/c1-10(9-18-3)16(2)14(17)12-5-4-11-6-7-15-13(11)8-12/h4-8,10,15H,9H2,1-3H3. The molecule has 1 aromatic carbocycles. The SMILES string of the molecule is COCC(C)N(C)C(=O)c1ccc2cc[nH]c2c1. The molecule has 1 aromatic heterocycles. The highest BCUT2D eigenvalue weighted by Crippen LogP contribution is 2.16. The number of fused-ring (bicyclic) bond motifs is 1. The number of carbonyl (C=O) groups is 1. The molecule has 96 valence electrons. The molecule has 4 nitrogen and oxygen atoms in total. The van der Waals surface area contributed by atoms with Crippen LogP contribution in [0.5, 0.6) is 0 Å². The molecule has 0 saturated heterocycles. The van der Waals surface area contributed by atoms with Crippen LogP contribution in [-0.4, -0.2) is 42.6 Å². The molecule has 2 aromatic rings. The Balaban J connectivity index is 2.21. The fraction of sp³-hybridized carbons (Fsp3) is 0.357. The van der Waals surface area contributed by atoms with Gasteiger partial charge in [-0.05, 0) is 30.5 Å². The van der Waals surface area contributed by atoms with Crippen LogP contribution in [0.4, 0.5) is 0 Å². The van der Waals surface area contributed by atoms with Crippen LogP contribution >= 0.6 is 0 Å². The first-order chi connectivity index (χ1) is 8.63. The Morgan fingerprint density at radius 2 is 2.22 bits per heavy atom. The maximum Gasteiger partial charge on any atom is 0.253 e. The van der Waals surface area contributed by atoms with Crippen molar-refractivity contribution in [2.45, 2.75) is 13.0 Å². The monoisotopic (exact) mass is 246 g/mol. The van der Waals surface area contributed by atoms with Crippen molar-refractivity contribution in [3.05, 3.63) is 36.0 Å². The van der Waals surface area contributed by atoms with E-state index in [2.05, 4.69) is 4.98 Å². The van der Waals surface area contributed by atoms with Crippen LogP contribution in [0.2, 0.25) is 0 Å². The van der Waals surface area contributed by atoms with Crippen LogP contribution in [0, 0.1) is 0 Å². The molecule has 0 radical (unpaired) electrons. The van der Waals surface area contributed by atoms with Crippen LogP contribution < -0.4 is 0 Å². The summed E-state index contributed by atoms with van der Waals surface area (Å²) in [7, 11) is 3.44. The zero-order valence-electron chi connectivity index (χ0n) is 10.9. The second-order valence-corrected chi connectivity index (χ2v) is 4.50.